The third-order valence-electron chi connectivity index (χ3n) is 3.23. The van der Waals surface area contributed by atoms with Crippen molar-refractivity contribution in [1.29, 1.82) is 0 Å². The zero-order valence-corrected chi connectivity index (χ0v) is 12.2. The SMILES string of the molecule is CCCC(CCC)(CCC)CCOP(=O)(O)O. The third-order valence-corrected chi connectivity index (χ3v) is 3.75. The van der Waals surface area contributed by atoms with Crippen molar-refractivity contribution in [3.05, 3.63) is 0 Å². The molecular formula is C12H27O4P. The van der Waals surface area contributed by atoms with E-state index < -0.39 is 7.82 Å². The Morgan fingerprint density at radius 2 is 1.35 bits per heavy atom. The van der Waals surface area contributed by atoms with E-state index in [-0.39, 0.29) is 12.0 Å². The summed E-state index contributed by atoms with van der Waals surface area (Å²) in [4.78, 5) is 17.4. The van der Waals surface area contributed by atoms with Crippen molar-refractivity contribution >= 4 is 7.82 Å². The summed E-state index contributed by atoms with van der Waals surface area (Å²) in [5.41, 5.74) is 0.202. The predicted octanol–water partition coefficient (Wildman–Crippen LogP) is 3.87. The van der Waals surface area contributed by atoms with Gasteiger partial charge in [0.05, 0.1) is 6.61 Å². The summed E-state index contributed by atoms with van der Waals surface area (Å²) in [5, 5.41) is 0. The van der Waals surface area contributed by atoms with Gasteiger partial charge >= 0.3 is 7.82 Å². The molecule has 0 aromatic heterocycles. The summed E-state index contributed by atoms with van der Waals surface area (Å²) in [6.45, 7) is 6.63. The van der Waals surface area contributed by atoms with Gasteiger partial charge in [-0.25, -0.2) is 4.57 Å². The summed E-state index contributed by atoms with van der Waals surface area (Å²) in [5.74, 6) is 0. The topological polar surface area (TPSA) is 66.8 Å². The number of hydrogen-bond acceptors (Lipinski definition) is 2. The summed E-state index contributed by atoms with van der Waals surface area (Å²) in [7, 11) is -4.31. The molecule has 0 aromatic carbocycles. The van der Waals surface area contributed by atoms with Gasteiger partial charge in [-0.1, -0.05) is 40.0 Å². The van der Waals surface area contributed by atoms with Gasteiger partial charge in [0.1, 0.15) is 0 Å². The van der Waals surface area contributed by atoms with Crippen LogP contribution in [0.4, 0.5) is 0 Å². The maximum absolute atomic E-state index is 10.7. The first kappa shape index (κ1) is 17.1. The Morgan fingerprint density at radius 1 is 0.941 bits per heavy atom. The molecule has 0 fully saturated rings. The molecule has 5 heteroatoms. The Hall–Kier alpha value is 0.110. The van der Waals surface area contributed by atoms with Crippen LogP contribution in [0.1, 0.15) is 65.7 Å². The van der Waals surface area contributed by atoms with Gasteiger partial charge in [-0.05, 0) is 31.1 Å². The molecular weight excluding hydrogens is 239 g/mol. The smallest absolute Gasteiger partial charge is 0.303 e. The van der Waals surface area contributed by atoms with Crippen LogP contribution >= 0.6 is 7.82 Å². The van der Waals surface area contributed by atoms with Crippen molar-refractivity contribution in [2.75, 3.05) is 6.61 Å². The van der Waals surface area contributed by atoms with Crippen molar-refractivity contribution in [2.45, 2.75) is 65.7 Å². The maximum Gasteiger partial charge on any atom is 0.469 e. The molecule has 17 heavy (non-hydrogen) atoms. The number of hydrogen-bond donors (Lipinski definition) is 2. The Morgan fingerprint density at radius 3 is 1.65 bits per heavy atom. The fraction of sp³-hybridized carbons (Fsp3) is 1.00. The van der Waals surface area contributed by atoms with E-state index in [1.165, 1.54) is 0 Å². The summed E-state index contributed by atoms with van der Waals surface area (Å²) < 4.78 is 15.3. The number of phosphoric ester groups is 1. The molecule has 0 aromatic rings. The monoisotopic (exact) mass is 266 g/mol. The molecule has 4 nitrogen and oxygen atoms in total. The van der Waals surface area contributed by atoms with Gasteiger partial charge in [0.25, 0.3) is 0 Å². The third kappa shape index (κ3) is 7.93. The van der Waals surface area contributed by atoms with E-state index >= 15 is 0 Å². The minimum absolute atomic E-state index is 0.157. The summed E-state index contributed by atoms with van der Waals surface area (Å²) >= 11 is 0. The van der Waals surface area contributed by atoms with Gasteiger partial charge in [-0.3, -0.25) is 4.52 Å². The highest BCUT2D eigenvalue weighted by Crippen LogP contribution is 2.41. The Kier molecular flexibility index (Phi) is 8.31. The predicted molar refractivity (Wildman–Crippen MR) is 69.8 cm³/mol. The molecule has 0 bridgehead atoms. The lowest BCUT2D eigenvalue weighted by molar-refractivity contribution is 0.126. The first-order chi connectivity index (χ1) is 7.89. The average Bonchev–Trinajstić information content (AvgIpc) is 2.16. The lowest BCUT2D eigenvalue weighted by Crippen LogP contribution is -2.22. The highest BCUT2D eigenvalue weighted by molar-refractivity contribution is 7.46. The molecule has 0 rings (SSSR count). The van der Waals surface area contributed by atoms with Crippen LogP contribution in [0.2, 0.25) is 0 Å². The van der Waals surface area contributed by atoms with Gasteiger partial charge in [0.2, 0.25) is 0 Å². The molecule has 0 amide bonds. The fourth-order valence-electron chi connectivity index (χ4n) is 2.72. The normalized spacial score (nSPS) is 13.0. The van der Waals surface area contributed by atoms with Gasteiger partial charge in [0, 0.05) is 0 Å². The van der Waals surface area contributed by atoms with Crippen LogP contribution in [0.3, 0.4) is 0 Å². The lowest BCUT2D eigenvalue weighted by atomic mass is 9.73. The van der Waals surface area contributed by atoms with Crippen LogP contribution in [-0.4, -0.2) is 16.4 Å². The fourth-order valence-corrected chi connectivity index (χ4v) is 3.05. The standard InChI is InChI=1S/C12H27O4P/c1-4-7-12(8-5-2,9-6-3)10-11-16-17(13,14)15/h4-11H2,1-3H3,(H2,13,14,15). The molecule has 0 heterocycles. The van der Waals surface area contributed by atoms with Crippen LogP contribution in [0.25, 0.3) is 0 Å². The first-order valence-electron chi connectivity index (χ1n) is 6.59. The van der Waals surface area contributed by atoms with Gasteiger partial charge in [0.15, 0.2) is 0 Å². The zero-order chi connectivity index (χ0) is 13.4. The molecule has 2 N–H and O–H groups in total. The summed E-state index contributed by atoms with van der Waals surface area (Å²) in [6.07, 6.45) is 7.40. The molecule has 0 aliphatic rings. The van der Waals surface area contributed by atoms with Crippen LogP contribution in [0.5, 0.6) is 0 Å². The van der Waals surface area contributed by atoms with E-state index in [1.807, 2.05) is 0 Å². The molecule has 0 atom stereocenters. The second-order valence-electron chi connectivity index (χ2n) is 4.82. The summed E-state index contributed by atoms with van der Waals surface area (Å²) in [6, 6.07) is 0. The molecule has 0 aliphatic heterocycles. The minimum atomic E-state index is -4.31. The maximum atomic E-state index is 10.7. The molecule has 0 saturated carbocycles. The van der Waals surface area contributed by atoms with Crippen molar-refractivity contribution in [1.82, 2.24) is 0 Å². The van der Waals surface area contributed by atoms with Crippen LogP contribution in [0.15, 0.2) is 0 Å². The minimum Gasteiger partial charge on any atom is -0.303 e. The van der Waals surface area contributed by atoms with E-state index in [0.29, 0.717) is 0 Å². The van der Waals surface area contributed by atoms with Gasteiger partial charge in [-0.15, -0.1) is 0 Å². The molecule has 0 radical (unpaired) electrons. The number of phosphoric acid groups is 1. The largest absolute Gasteiger partial charge is 0.469 e. The van der Waals surface area contributed by atoms with Crippen molar-refractivity contribution in [3.63, 3.8) is 0 Å². The Balaban J connectivity index is 4.38. The Bertz CT molecular complexity index is 220. The molecule has 0 spiro atoms. The van der Waals surface area contributed by atoms with E-state index in [0.717, 1.165) is 44.9 Å². The van der Waals surface area contributed by atoms with Crippen molar-refractivity contribution in [2.24, 2.45) is 5.41 Å². The van der Waals surface area contributed by atoms with Crippen molar-refractivity contribution < 1.29 is 18.9 Å². The van der Waals surface area contributed by atoms with Crippen molar-refractivity contribution in [3.8, 4) is 0 Å². The van der Waals surface area contributed by atoms with E-state index in [1.54, 1.807) is 0 Å². The average molecular weight is 266 g/mol. The molecule has 0 unspecified atom stereocenters. The second kappa shape index (κ2) is 8.25. The van der Waals surface area contributed by atoms with Gasteiger partial charge in [-0.2, -0.15) is 0 Å². The highest BCUT2D eigenvalue weighted by Gasteiger charge is 2.28. The Labute approximate surface area is 105 Å². The molecule has 0 aliphatic carbocycles. The zero-order valence-electron chi connectivity index (χ0n) is 11.3. The second-order valence-corrected chi connectivity index (χ2v) is 6.06. The highest BCUT2D eigenvalue weighted by atomic mass is 31.2. The first-order valence-corrected chi connectivity index (χ1v) is 8.12. The quantitative estimate of drug-likeness (QED) is 0.589. The molecule has 104 valence electrons. The van der Waals surface area contributed by atoms with Crippen LogP contribution in [0, 0.1) is 5.41 Å². The van der Waals surface area contributed by atoms with E-state index in [4.69, 9.17) is 9.79 Å². The van der Waals surface area contributed by atoms with E-state index in [2.05, 4.69) is 25.3 Å². The van der Waals surface area contributed by atoms with Gasteiger partial charge < -0.3 is 9.79 Å². The van der Waals surface area contributed by atoms with Crippen LogP contribution in [-0.2, 0) is 9.09 Å². The van der Waals surface area contributed by atoms with E-state index in [9.17, 15) is 4.57 Å². The van der Waals surface area contributed by atoms with Crippen LogP contribution < -0.4 is 0 Å². The molecule has 0 saturated heterocycles. The number of rotatable bonds is 10. The lowest BCUT2D eigenvalue weighted by Gasteiger charge is -2.33.